The molecule has 1 aromatic rings. The lowest BCUT2D eigenvalue weighted by Crippen LogP contribution is -2.24. The van der Waals surface area contributed by atoms with E-state index in [9.17, 15) is 4.79 Å². The topological polar surface area (TPSA) is 51.2 Å². The second-order valence-corrected chi connectivity index (χ2v) is 6.63. The van der Waals surface area contributed by atoms with Crippen LogP contribution >= 0.6 is 23.4 Å². The minimum Gasteiger partial charge on any atom is -0.459 e. The zero-order valence-electron chi connectivity index (χ0n) is 12.3. The van der Waals surface area contributed by atoms with Crippen LogP contribution in [0.15, 0.2) is 12.1 Å². The van der Waals surface area contributed by atoms with Crippen LogP contribution < -0.4 is 5.32 Å². The largest absolute Gasteiger partial charge is 0.459 e. The van der Waals surface area contributed by atoms with Gasteiger partial charge in [-0.25, -0.2) is 4.98 Å². The third-order valence-electron chi connectivity index (χ3n) is 2.16. The smallest absolute Gasteiger partial charge is 0.316 e. The molecule has 4 nitrogen and oxygen atoms in total. The second kappa shape index (κ2) is 7.74. The summed E-state index contributed by atoms with van der Waals surface area (Å²) in [6.07, 6.45) is 0. The Morgan fingerprint density at radius 1 is 1.45 bits per heavy atom. The quantitative estimate of drug-likeness (QED) is 0.810. The summed E-state index contributed by atoms with van der Waals surface area (Å²) < 4.78 is 5.24. The number of carbonyl (C=O) groups is 1. The van der Waals surface area contributed by atoms with E-state index < -0.39 is 5.60 Å². The molecule has 0 saturated carbocycles. The molecular formula is C14H21ClN2O2S. The molecule has 0 radical (unpaired) electrons. The van der Waals surface area contributed by atoms with E-state index in [4.69, 9.17) is 16.3 Å². The van der Waals surface area contributed by atoms with Crippen LogP contribution in [0.3, 0.4) is 0 Å². The average Bonchev–Trinajstić information content (AvgIpc) is 2.31. The first-order valence-electron chi connectivity index (χ1n) is 6.50. The predicted molar refractivity (Wildman–Crippen MR) is 85.4 cm³/mol. The van der Waals surface area contributed by atoms with Gasteiger partial charge in [0, 0.05) is 12.3 Å². The number of hydrogen-bond donors (Lipinski definition) is 1. The molecule has 0 saturated heterocycles. The molecule has 112 valence electrons. The van der Waals surface area contributed by atoms with Gasteiger partial charge in [-0.2, -0.15) is 0 Å². The van der Waals surface area contributed by atoms with Crippen molar-refractivity contribution in [2.45, 2.75) is 39.0 Å². The summed E-state index contributed by atoms with van der Waals surface area (Å²) in [7, 11) is 0. The number of anilines is 1. The van der Waals surface area contributed by atoms with Crippen molar-refractivity contribution in [1.29, 1.82) is 0 Å². The number of halogens is 1. The third-order valence-corrected chi connectivity index (χ3v) is 3.42. The molecule has 0 atom stereocenters. The van der Waals surface area contributed by atoms with Gasteiger partial charge in [-0.3, -0.25) is 4.79 Å². The normalized spacial score (nSPS) is 11.2. The van der Waals surface area contributed by atoms with Crippen molar-refractivity contribution < 1.29 is 9.53 Å². The van der Waals surface area contributed by atoms with Crippen molar-refractivity contribution >= 4 is 35.1 Å². The SMILES string of the molecule is CCNc1ccc(Cl)c(CSCC(=O)OC(C)(C)C)n1. The molecule has 0 aliphatic rings. The van der Waals surface area contributed by atoms with Crippen LogP contribution in [0.2, 0.25) is 5.02 Å². The fourth-order valence-corrected chi connectivity index (χ4v) is 2.46. The number of aromatic nitrogens is 1. The van der Waals surface area contributed by atoms with Crippen molar-refractivity contribution in [3.8, 4) is 0 Å². The van der Waals surface area contributed by atoms with Gasteiger partial charge in [-0.1, -0.05) is 11.6 Å². The Kier molecular flexibility index (Phi) is 6.62. The van der Waals surface area contributed by atoms with E-state index in [1.54, 1.807) is 0 Å². The number of hydrogen-bond acceptors (Lipinski definition) is 5. The van der Waals surface area contributed by atoms with Crippen molar-refractivity contribution in [3.63, 3.8) is 0 Å². The second-order valence-electron chi connectivity index (χ2n) is 5.23. The van der Waals surface area contributed by atoms with Crippen LogP contribution in [0.1, 0.15) is 33.4 Å². The van der Waals surface area contributed by atoms with Gasteiger partial charge in [0.05, 0.1) is 16.5 Å². The van der Waals surface area contributed by atoms with E-state index in [0.717, 1.165) is 18.1 Å². The van der Waals surface area contributed by atoms with E-state index in [-0.39, 0.29) is 5.97 Å². The highest BCUT2D eigenvalue weighted by Gasteiger charge is 2.16. The first-order chi connectivity index (χ1) is 9.31. The van der Waals surface area contributed by atoms with Crippen LogP contribution in [0, 0.1) is 0 Å². The van der Waals surface area contributed by atoms with E-state index in [1.165, 1.54) is 11.8 Å². The molecule has 0 fully saturated rings. The molecule has 20 heavy (non-hydrogen) atoms. The Morgan fingerprint density at radius 3 is 2.75 bits per heavy atom. The zero-order valence-corrected chi connectivity index (χ0v) is 13.9. The van der Waals surface area contributed by atoms with E-state index in [2.05, 4.69) is 10.3 Å². The molecule has 0 aliphatic heterocycles. The molecule has 1 aromatic heterocycles. The summed E-state index contributed by atoms with van der Waals surface area (Å²) in [5, 5.41) is 3.75. The predicted octanol–water partition coefficient (Wildman–Crippen LogP) is 3.74. The van der Waals surface area contributed by atoms with Gasteiger partial charge in [0.1, 0.15) is 11.4 Å². The molecule has 0 unspecified atom stereocenters. The van der Waals surface area contributed by atoms with Crippen molar-refractivity contribution in [2.24, 2.45) is 0 Å². The van der Waals surface area contributed by atoms with Crippen molar-refractivity contribution in [1.82, 2.24) is 4.98 Å². The highest BCUT2D eigenvalue weighted by Crippen LogP contribution is 2.22. The van der Waals surface area contributed by atoms with Crippen molar-refractivity contribution in [2.75, 3.05) is 17.6 Å². The molecule has 6 heteroatoms. The lowest BCUT2D eigenvalue weighted by molar-refractivity contribution is -0.151. The maximum absolute atomic E-state index is 11.6. The van der Waals surface area contributed by atoms with Gasteiger partial charge in [-0.05, 0) is 39.8 Å². The number of pyridine rings is 1. The van der Waals surface area contributed by atoms with Gasteiger partial charge in [0.2, 0.25) is 0 Å². The summed E-state index contributed by atoms with van der Waals surface area (Å²) in [4.78, 5) is 16.0. The first-order valence-corrected chi connectivity index (χ1v) is 8.04. The van der Waals surface area contributed by atoms with Crippen molar-refractivity contribution in [3.05, 3.63) is 22.8 Å². The number of ether oxygens (including phenoxy) is 1. The highest BCUT2D eigenvalue weighted by molar-refractivity contribution is 7.99. The Hall–Kier alpha value is -0.940. The summed E-state index contributed by atoms with van der Waals surface area (Å²) in [5.74, 6) is 1.45. The molecule has 0 aromatic carbocycles. The highest BCUT2D eigenvalue weighted by atomic mass is 35.5. The van der Waals surface area contributed by atoms with Gasteiger partial charge >= 0.3 is 5.97 Å². The molecule has 0 amide bonds. The third kappa shape index (κ3) is 6.48. The Labute approximate surface area is 129 Å². The maximum atomic E-state index is 11.6. The number of carbonyl (C=O) groups excluding carboxylic acids is 1. The molecule has 1 heterocycles. The fourth-order valence-electron chi connectivity index (χ4n) is 1.47. The van der Waals surface area contributed by atoms with Crippen LogP contribution in [0.4, 0.5) is 5.82 Å². The molecule has 0 aliphatic carbocycles. The standard InChI is InChI=1S/C14H21ClN2O2S/c1-5-16-12-7-6-10(15)11(17-12)8-20-9-13(18)19-14(2,3)4/h6-7H,5,8-9H2,1-4H3,(H,16,17). The summed E-state index contributed by atoms with van der Waals surface area (Å²) in [6, 6.07) is 3.66. The minimum atomic E-state index is -0.446. The zero-order chi connectivity index (χ0) is 15.2. The molecule has 0 spiro atoms. The summed E-state index contributed by atoms with van der Waals surface area (Å²) >= 11 is 7.55. The van der Waals surface area contributed by atoms with Gasteiger partial charge < -0.3 is 10.1 Å². The minimum absolute atomic E-state index is 0.221. The lowest BCUT2D eigenvalue weighted by Gasteiger charge is -2.19. The average molecular weight is 317 g/mol. The van der Waals surface area contributed by atoms with Crippen LogP contribution in [-0.2, 0) is 15.3 Å². The molecular weight excluding hydrogens is 296 g/mol. The number of esters is 1. The number of rotatable bonds is 6. The molecule has 1 N–H and O–H groups in total. The molecule has 0 bridgehead atoms. The maximum Gasteiger partial charge on any atom is 0.316 e. The Morgan fingerprint density at radius 2 is 2.15 bits per heavy atom. The Bertz CT molecular complexity index is 461. The number of nitrogens with one attached hydrogen (secondary N) is 1. The summed E-state index contributed by atoms with van der Waals surface area (Å²) in [6.45, 7) is 8.38. The van der Waals surface area contributed by atoms with Gasteiger partial charge in [0.15, 0.2) is 0 Å². The van der Waals surface area contributed by atoms with E-state index >= 15 is 0 Å². The Balaban J connectivity index is 2.49. The monoisotopic (exact) mass is 316 g/mol. The lowest BCUT2D eigenvalue weighted by atomic mass is 10.2. The number of thioether (sulfide) groups is 1. The van der Waals surface area contributed by atoms with Crippen LogP contribution in [0.5, 0.6) is 0 Å². The summed E-state index contributed by atoms with van der Waals surface area (Å²) in [5.41, 5.74) is 0.331. The van der Waals surface area contributed by atoms with E-state index in [0.29, 0.717) is 16.5 Å². The van der Waals surface area contributed by atoms with Gasteiger partial charge in [-0.15, -0.1) is 11.8 Å². The fraction of sp³-hybridized carbons (Fsp3) is 0.571. The van der Waals surface area contributed by atoms with E-state index in [1.807, 2.05) is 39.8 Å². The number of nitrogens with zero attached hydrogens (tertiary/aromatic N) is 1. The first kappa shape index (κ1) is 17.1. The van der Waals surface area contributed by atoms with Crippen LogP contribution in [0.25, 0.3) is 0 Å². The van der Waals surface area contributed by atoms with Crippen LogP contribution in [-0.4, -0.2) is 28.9 Å². The van der Waals surface area contributed by atoms with Gasteiger partial charge in [0.25, 0.3) is 0 Å². The molecule has 1 rings (SSSR count).